The number of aromatic nitrogens is 4. The molecule has 1 aliphatic heterocycles. The lowest BCUT2D eigenvalue weighted by Gasteiger charge is -2.32. The third-order valence-electron chi connectivity index (χ3n) is 7.35. The Hall–Kier alpha value is -3.55. The van der Waals surface area contributed by atoms with Crippen LogP contribution < -0.4 is 10.3 Å². The van der Waals surface area contributed by atoms with Gasteiger partial charge in [-0.1, -0.05) is 0 Å². The molecule has 0 aliphatic carbocycles. The van der Waals surface area contributed by atoms with Crippen molar-refractivity contribution < 1.29 is 9.53 Å². The largest absolute Gasteiger partial charge is 0.497 e. The number of hydrogen-bond acceptors (Lipinski definition) is 4. The second kappa shape index (κ2) is 8.66. The van der Waals surface area contributed by atoms with Crippen molar-refractivity contribution >= 4 is 27.8 Å². The fourth-order valence-corrected chi connectivity index (χ4v) is 5.47. The third kappa shape index (κ3) is 3.77. The van der Waals surface area contributed by atoms with Crippen LogP contribution in [0.4, 0.5) is 0 Å². The molecule has 4 aromatic rings. The van der Waals surface area contributed by atoms with E-state index < -0.39 is 0 Å². The predicted molar refractivity (Wildman–Crippen MR) is 133 cm³/mol. The zero-order valence-electron chi connectivity index (χ0n) is 20.2. The summed E-state index contributed by atoms with van der Waals surface area (Å²) in [7, 11) is 3.51. The van der Waals surface area contributed by atoms with Gasteiger partial charge in [0.15, 0.2) is 0 Å². The Morgan fingerprint density at radius 1 is 1.24 bits per heavy atom. The van der Waals surface area contributed by atoms with Crippen LogP contribution in [0.15, 0.2) is 29.2 Å². The lowest BCUT2D eigenvalue weighted by molar-refractivity contribution is -0.132. The molecule has 1 fully saturated rings. The minimum atomic E-state index is -0.130. The first-order valence-electron chi connectivity index (χ1n) is 11.8. The Morgan fingerprint density at radius 2 is 2.00 bits per heavy atom. The Labute approximate surface area is 197 Å². The van der Waals surface area contributed by atoms with Gasteiger partial charge in [0.25, 0.3) is 5.56 Å². The molecule has 0 spiro atoms. The van der Waals surface area contributed by atoms with Gasteiger partial charge in [-0.3, -0.25) is 14.3 Å². The van der Waals surface area contributed by atoms with E-state index in [1.165, 1.54) is 10.9 Å². The Morgan fingerprint density at radius 3 is 2.74 bits per heavy atom. The molecule has 5 rings (SSSR count). The predicted octanol–water partition coefficient (Wildman–Crippen LogP) is 3.71. The van der Waals surface area contributed by atoms with Crippen molar-refractivity contribution in [2.45, 2.75) is 45.4 Å². The Kier molecular flexibility index (Phi) is 5.67. The molecule has 0 bridgehead atoms. The highest BCUT2D eigenvalue weighted by Gasteiger charge is 2.26. The number of amides is 1. The number of methoxy groups -OCH3 is 1. The molecule has 2 N–H and O–H groups in total. The maximum absolute atomic E-state index is 13.0. The summed E-state index contributed by atoms with van der Waals surface area (Å²) in [5.41, 5.74) is 5.49. The average Bonchev–Trinajstić information content (AvgIpc) is 3.38. The van der Waals surface area contributed by atoms with Gasteiger partial charge in [0, 0.05) is 54.6 Å². The molecule has 8 heteroatoms. The zero-order chi connectivity index (χ0) is 24.0. The summed E-state index contributed by atoms with van der Waals surface area (Å²) in [4.78, 5) is 33.9. The van der Waals surface area contributed by atoms with Gasteiger partial charge in [0.1, 0.15) is 11.4 Å². The van der Waals surface area contributed by atoms with E-state index in [1.807, 2.05) is 37.9 Å². The zero-order valence-corrected chi connectivity index (χ0v) is 20.2. The number of H-pyrrole nitrogens is 2. The van der Waals surface area contributed by atoms with E-state index in [-0.39, 0.29) is 11.5 Å². The van der Waals surface area contributed by atoms with Gasteiger partial charge in [-0.25, -0.2) is 0 Å². The van der Waals surface area contributed by atoms with Gasteiger partial charge in [-0.15, -0.1) is 0 Å². The second-order valence-corrected chi connectivity index (χ2v) is 9.30. The molecule has 0 atom stereocenters. The van der Waals surface area contributed by atoms with Gasteiger partial charge in [-0.2, -0.15) is 5.10 Å². The van der Waals surface area contributed by atoms with E-state index >= 15 is 0 Å². The SMILES string of the molecule is COc1ccc2[nH]cc(C3CCN(C(=O)CCc4c(C)c5c(C)nn(C)c5[nH]c4=O)CC3)c2c1. The number of nitrogens with zero attached hydrogens (tertiary/aromatic N) is 3. The standard InChI is InChI=1S/C26H31N5O3/c1-15-19(26(33)28-25-24(15)16(2)29-30(25)3)6-8-23(32)31-11-9-17(10-12-31)21-14-27-22-7-5-18(34-4)13-20(21)22/h5,7,13-14,17,27H,6,8-12H2,1-4H3,(H,28,33). The molecule has 0 unspecified atom stereocenters. The van der Waals surface area contributed by atoms with Crippen molar-refractivity contribution in [3.8, 4) is 5.75 Å². The quantitative estimate of drug-likeness (QED) is 0.474. The second-order valence-electron chi connectivity index (χ2n) is 9.30. The Bertz CT molecular complexity index is 1440. The topological polar surface area (TPSA) is 96.0 Å². The number of hydrogen-bond donors (Lipinski definition) is 2. The first kappa shape index (κ1) is 22.3. The number of aromatic amines is 2. The van der Waals surface area contributed by atoms with Crippen LogP contribution in [-0.4, -0.2) is 50.8 Å². The van der Waals surface area contributed by atoms with Crippen molar-refractivity contribution in [3.05, 3.63) is 57.1 Å². The van der Waals surface area contributed by atoms with E-state index in [2.05, 4.69) is 27.3 Å². The summed E-state index contributed by atoms with van der Waals surface area (Å²) in [5.74, 6) is 1.37. The number of piperidine rings is 1. The maximum atomic E-state index is 13.0. The van der Waals surface area contributed by atoms with E-state index in [9.17, 15) is 9.59 Å². The molecule has 8 nitrogen and oxygen atoms in total. The fourth-order valence-electron chi connectivity index (χ4n) is 5.47. The van der Waals surface area contributed by atoms with Crippen molar-refractivity contribution in [2.75, 3.05) is 20.2 Å². The molecule has 3 aromatic heterocycles. The molecule has 4 heterocycles. The summed E-state index contributed by atoms with van der Waals surface area (Å²) in [6, 6.07) is 6.09. The smallest absolute Gasteiger partial charge is 0.253 e. The molecule has 1 aliphatic rings. The van der Waals surface area contributed by atoms with Crippen molar-refractivity contribution in [2.24, 2.45) is 7.05 Å². The highest BCUT2D eigenvalue weighted by Crippen LogP contribution is 2.35. The van der Waals surface area contributed by atoms with E-state index in [1.54, 1.807) is 11.8 Å². The number of rotatable bonds is 5. The molecule has 34 heavy (non-hydrogen) atoms. The van der Waals surface area contributed by atoms with Crippen LogP contribution in [0.25, 0.3) is 21.9 Å². The lowest BCUT2D eigenvalue weighted by Crippen LogP contribution is -2.38. The highest BCUT2D eigenvalue weighted by atomic mass is 16.5. The summed E-state index contributed by atoms with van der Waals surface area (Å²) < 4.78 is 7.09. The monoisotopic (exact) mass is 461 g/mol. The summed E-state index contributed by atoms with van der Waals surface area (Å²) >= 11 is 0. The summed E-state index contributed by atoms with van der Waals surface area (Å²) in [5, 5.41) is 6.59. The first-order chi connectivity index (χ1) is 16.4. The molecular weight excluding hydrogens is 430 g/mol. The van der Waals surface area contributed by atoms with E-state index in [0.29, 0.717) is 24.3 Å². The minimum absolute atomic E-state index is 0.112. The normalized spacial score (nSPS) is 14.9. The number of fused-ring (bicyclic) bond motifs is 2. The first-order valence-corrected chi connectivity index (χ1v) is 11.8. The van der Waals surface area contributed by atoms with Crippen molar-refractivity contribution in [1.82, 2.24) is 24.6 Å². The van der Waals surface area contributed by atoms with Crippen LogP contribution in [0.1, 0.15) is 47.6 Å². The van der Waals surface area contributed by atoms with Gasteiger partial charge in [0.2, 0.25) is 5.91 Å². The molecule has 0 saturated carbocycles. The van der Waals surface area contributed by atoms with Gasteiger partial charge >= 0.3 is 0 Å². The third-order valence-corrected chi connectivity index (χ3v) is 7.35. The number of ether oxygens (including phenoxy) is 1. The van der Waals surface area contributed by atoms with Crippen LogP contribution in [0.3, 0.4) is 0 Å². The van der Waals surface area contributed by atoms with Crippen LogP contribution in [0.5, 0.6) is 5.75 Å². The number of aryl methyl sites for hydroxylation is 3. The molecular formula is C26H31N5O3. The molecule has 1 aromatic carbocycles. The highest BCUT2D eigenvalue weighted by molar-refractivity contribution is 5.85. The molecule has 178 valence electrons. The van der Waals surface area contributed by atoms with Gasteiger partial charge in [-0.05, 0) is 68.4 Å². The number of likely N-dealkylation sites (tertiary alicyclic amines) is 1. The van der Waals surface area contributed by atoms with Crippen LogP contribution >= 0.6 is 0 Å². The summed E-state index contributed by atoms with van der Waals surface area (Å²) in [6.45, 7) is 5.36. The van der Waals surface area contributed by atoms with Gasteiger partial charge < -0.3 is 19.6 Å². The fraction of sp³-hybridized carbons (Fsp3) is 0.423. The van der Waals surface area contributed by atoms with Gasteiger partial charge in [0.05, 0.1) is 12.8 Å². The maximum Gasteiger partial charge on any atom is 0.253 e. The lowest BCUT2D eigenvalue weighted by atomic mass is 9.89. The van der Waals surface area contributed by atoms with Crippen LogP contribution in [0, 0.1) is 13.8 Å². The molecule has 0 radical (unpaired) electrons. The summed E-state index contributed by atoms with van der Waals surface area (Å²) in [6.07, 6.45) is 4.72. The number of nitrogens with one attached hydrogen (secondary N) is 2. The van der Waals surface area contributed by atoms with E-state index in [0.717, 1.165) is 59.5 Å². The number of carbonyl (C=O) groups is 1. The van der Waals surface area contributed by atoms with Crippen molar-refractivity contribution in [1.29, 1.82) is 0 Å². The minimum Gasteiger partial charge on any atom is -0.497 e. The van der Waals surface area contributed by atoms with Crippen LogP contribution in [-0.2, 0) is 18.3 Å². The number of benzene rings is 1. The number of pyridine rings is 1. The van der Waals surface area contributed by atoms with Crippen molar-refractivity contribution in [3.63, 3.8) is 0 Å². The molecule has 1 saturated heterocycles. The molecule has 1 amide bonds. The Balaban J connectivity index is 1.25. The van der Waals surface area contributed by atoms with Crippen LogP contribution in [0.2, 0.25) is 0 Å². The van der Waals surface area contributed by atoms with E-state index in [4.69, 9.17) is 4.74 Å². The average molecular weight is 462 g/mol. The number of carbonyl (C=O) groups excluding carboxylic acids is 1.